The summed E-state index contributed by atoms with van der Waals surface area (Å²) in [5.41, 5.74) is 10.9. The van der Waals surface area contributed by atoms with Gasteiger partial charge in [-0.1, -0.05) is 0 Å². The molecule has 0 fully saturated rings. The van der Waals surface area contributed by atoms with Crippen LogP contribution in [-0.4, -0.2) is 70.6 Å². The highest BCUT2D eigenvalue weighted by molar-refractivity contribution is 5.94. The summed E-state index contributed by atoms with van der Waals surface area (Å²) in [5.74, 6) is -4.58. The molecule has 12 heteroatoms. The quantitative estimate of drug-likeness (QED) is 0.154. The Bertz CT molecular complexity index is 597. The number of carboxylic acids is 2. The number of amides is 3. The number of nitrogens with one attached hydrogen (secondary N) is 3. The maximum atomic E-state index is 12.6. The van der Waals surface area contributed by atoms with Crippen LogP contribution in [-0.2, 0) is 24.0 Å². The van der Waals surface area contributed by atoms with Crippen LogP contribution >= 0.6 is 0 Å². The number of aliphatic carboxylic acids is 2. The fourth-order valence-corrected chi connectivity index (χ4v) is 2.25. The zero-order chi connectivity index (χ0) is 22.6. The molecule has 0 aliphatic carbocycles. The van der Waals surface area contributed by atoms with Crippen LogP contribution in [0.5, 0.6) is 0 Å². The second kappa shape index (κ2) is 13.4. The van der Waals surface area contributed by atoms with Gasteiger partial charge in [0.05, 0.1) is 6.04 Å². The first kappa shape index (κ1) is 26.3. The van der Waals surface area contributed by atoms with Crippen molar-refractivity contribution in [2.24, 2.45) is 11.5 Å². The molecule has 0 rings (SSSR count). The molecule has 0 saturated heterocycles. The predicted molar refractivity (Wildman–Crippen MR) is 103 cm³/mol. The van der Waals surface area contributed by atoms with Gasteiger partial charge in [0.25, 0.3) is 0 Å². The Balaban J connectivity index is 5.28. The lowest BCUT2D eigenvalue weighted by Gasteiger charge is -2.24. The molecule has 0 heterocycles. The Hall–Kier alpha value is -2.73. The molecular formula is C17H31N5O7. The molecule has 4 atom stereocenters. The van der Waals surface area contributed by atoms with Gasteiger partial charge >= 0.3 is 11.9 Å². The van der Waals surface area contributed by atoms with E-state index >= 15 is 0 Å². The first-order valence-corrected chi connectivity index (χ1v) is 9.30. The topological polar surface area (TPSA) is 214 Å². The summed E-state index contributed by atoms with van der Waals surface area (Å²) in [6.07, 6.45) is 0.687. The smallest absolute Gasteiger partial charge is 0.325 e. The summed E-state index contributed by atoms with van der Waals surface area (Å²) in [7, 11) is 0. The van der Waals surface area contributed by atoms with E-state index in [2.05, 4.69) is 16.0 Å². The molecule has 3 amide bonds. The number of hydrogen-bond donors (Lipinski definition) is 7. The van der Waals surface area contributed by atoms with Gasteiger partial charge in [0.15, 0.2) is 0 Å². The van der Waals surface area contributed by atoms with Gasteiger partial charge in [-0.2, -0.15) is 0 Å². The molecule has 4 unspecified atom stereocenters. The van der Waals surface area contributed by atoms with Crippen LogP contribution in [0.3, 0.4) is 0 Å². The number of carbonyl (C=O) groups excluding carboxylic acids is 3. The lowest BCUT2D eigenvalue weighted by atomic mass is 10.1. The Morgan fingerprint density at radius 1 is 0.828 bits per heavy atom. The van der Waals surface area contributed by atoms with Crippen molar-refractivity contribution in [2.75, 3.05) is 6.54 Å². The number of carboxylic acid groups (broad SMARTS) is 2. The van der Waals surface area contributed by atoms with Gasteiger partial charge in [-0.3, -0.25) is 24.0 Å². The highest BCUT2D eigenvalue weighted by Gasteiger charge is 2.29. The summed E-state index contributed by atoms with van der Waals surface area (Å²) in [6, 6.07) is -4.38. The van der Waals surface area contributed by atoms with Crippen molar-refractivity contribution in [3.8, 4) is 0 Å². The Kier molecular flexibility index (Phi) is 12.2. The summed E-state index contributed by atoms with van der Waals surface area (Å²) in [6.45, 7) is 3.07. The average molecular weight is 417 g/mol. The lowest BCUT2D eigenvalue weighted by molar-refractivity contribution is -0.142. The molecule has 0 spiro atoms. The molecule has 12 nitrogen and oxygen atoms in total. The highest BCUT2D eigenvalue weighted by Crippen LogP contribution is 2.05. The minimum Gasteiger partial charge on any atom is -0.481 e. The maximum absolute atomic E-state index is 12.6. The van der Waals surface area contributed by atoms with Crippen LogP contribution in [0.1, 0.15) is 46.0 Å². The van der Waals surface area contributed by atoms with E-state index in [1.165, 1.54) is 13.8 Å². The molecule has 29 heavy (non-hydrogen) atoms. The first-order valence-electron chi connectivity index (χ1n) is 9.30. The van der Waals surface area contributed by atoms with Gasteiger partial charge in [-0.25, -0.2) is 0 Å². The predicted octanol–water partition coefficient (Wildman–Crippen LogP) is -2.11. The number of hydrogen-bond acceptors (Lipinski definition) is 7. The standard InChI is InChI=1S/C17H31N5O7/c1-9(19)14(25)21-11(5-3-4-8-18)16(27)22-12(6-7-13(23)24)15(26)20-10(2)17(28)29/h9-12H,3-8,18-19H2,1-2H3,(H,20,26)(H,21,25)(H,22,27)(H,23,24)(H,28,29). The van der Waals surface area contributed by atoms with E-state index < -0.39 is 60.2 Å². The monoisotopic (exact) mass is 417 g/mol. The molecular weight excluding hydrogens is 386 g/mol. The molecule has 166 valence electrons. The van der Waals surface area contributed by atoms with Gasteiger partial charge in [-0.05, 0) is 46.1 Å². The second-order valence-electron chi connectivity index (χ2n) is 6.70. The third-order valence-corrected chi connectivity index (χ3v) is 4.00. The van der Waals surface area contributed by atoms with Crippen molar-refractivity contribution >= 4 is 29.7 Å². The minimum atomic E-state index is -1.29. The van der Waals surface area contributed by atoms with Crippen LogP contribution in [0.15, 0.2) is 0 Å². The van der Waals surface area contributed by atoms with Crippen molar-refractivity contribution in [3.05, 3.63) is 0 Å². The van der Waals surface area contributed by atoms with Gasteiger partial charge in [0.2, 0.25) is 17.7 Å². The number of rotatable bonds is 14. The number of nitrogens with two attached hydrogens (primary N) is 2. The van der Waals surface area contributed by atoms with Crippen LogP contribution in [0.2, 0.25) is 0 Å². The van der Waals surface area contributed by atoms with E-state index in [1.54, 1.807) is 0 Å². The summed E-state index contributed by atoms with van der Waals surface area (Å²) in [4.78, 5) is 58.6. The molecule has 0 aliphatic heterocycles. The van der Waals surface area contributed by atoms with Gasteiger partial charge in [-0.15, -0.1) is 0 Å². The molecule has 0 saturated carbocycles. The van der Waals surface area contributed by atoms with Crippen molar-refractivity contribution in [1.82, 2.24) is 16.0 Å². The van der Waals surface area contributed by atoms with E-state index in [1.807, 2.05) is 0 Å². The fourth-order valence-electron chi connectivity index (χ4n) is 2.25. The molecule has 0 aromatic rings. The van der Waals surface area contributed by atoms with Gasteiger partial charge in [0, 0.05) is 6.42 Å². The lowest BCUT2D eigenvalue weighted by Crippen LogP contribution is -2.56. The van der Waals surface area contributed by atoms with Crippen molar-refractivity contribution < 1.29 is 34.2 Å². The summed E-state index contributed by atoms with van der Waals surface area (Å²) >= 11 is 0. The third kappa shape index (κ3) is 11.0. The molecule has 0 aliphatic rings. The molecule has 0 aromatic heterocycles. The molecule has 0 bridgehead atoms. The van der Waals surface area contributed by atoms with Crippen molar-refractivity contribution in [1.29, 1.82) is 0 Å². The number of unbranched alkanes of at least 4 members (excludes halogenated alkanes) is 1. The van der Waals surface area contributed by atoms with E-state index in [0.717, 1.165) is 0 Å². The molecule has 0 radical (unpaired) electrons. The fraction of sp³-hybridized carbons (Fsp3) is 0.706. The van der Waals surface area contributed by atoms with Crippen LogP contribution in [0.4, 0.5) is 0 Å². The van der Waals surface area contributed by atoms with E-state index in [-0.39, 0.29) is 12.8 Å². The normalized spacial score (nSPS) is 14.8. The van der Waals surface area contributed by atoms with Crippen LogP contribution in [0, 0.1) is 0 Å². The number of carbonyl (C=O) groups is 5. The zero-order valence-corrected chi connectivity index (χ0v) is 16.6. The van der Waals surface area contributed by atoms with Gasteiger partial charge < -0.3 is 37.6 Å². The average Bonchev–Trinajstić information content (AvgIpc) is 2.63. The maximum Gasteiger partial charge on any atom is 0.325 e. The van der Waals surface area contributed by atoms with E-state index in [9.17, 15) is 24.0 Å². The Labute approximate surface area is 168 Å². The van der Waals surface area contributed by atoms with Crippen molar-refractivity contribution in [3.63, 3.8) is 0 Å². The SMILES string of the molecule is CC(N)C(=O)NC(CCCCN)C(=O)NC(CCC(=O)O)C(=O)NC(C)C(=O)O. The minimum absolute atomic E-state index is 0.236. The second-order valence-corrected chi connectivity index (χ2v) is 6.70. The van der Waals surface area contributed by atoms with E-state index in [4.69, 9.17) is 21.7 Å². The zero-order valence-electron chi connectivity index (χ0n) is 16.6. The van der Waals surface area contributed by atoms with Crippen molar-refractivity contribution in [2.45, 2.75) is 70.1 Å². The van der Waals surface area contributed by atoms with Crippen LogP contribution in [0.25, 0.3) is 0 Å². The van der Waals surface area contributed by atoms with E-state index in [0.29, 0.717) is 19.4 Å². The van der Waals surface area contributed by atoms with Gasteiger partial charge in [0.1, 0.15) is 18.1 Å². The first-order chi connectivity index (χ1) is 13.5. The third-order valence-electron chi connectivity index (χ3n) is 4.00. The largest absolute Gasteiger partial charge is 0.481 e. The Morgan fingerprint density at radius 2 is 1.34 bits per heavy atom. The Morgan fingerprint density at radius 3 is 1.83 bits per heavy atom. The van der Waals surface area contributed by atoms with Crippen LogP contribution < -0.4 is 27.4 Å². The summed E-state index contributed by atoms with van der Waals surface area (Å²) in [5, 5.41) is 24.8. The summed E-state index contributed by atoms with van der Waals surface area (Å²) < 4.78 is 0. The molecule has 9 N–H and O–H groups in total. The highest BCUT2D eigenvalue weighted by atomic mass is 16.4. The molecule has 0 aromatic carbocycles.